The van der Waals surface area contributed by atoms with Crippen molar-refractivity contribution in [3.05, 3.63) is 168 Å². The standard InChI is InChI=1S/C58H60N3O.Pt/c1-55(2,3)43-31-41(30-42(32-43)49-34-40(28-29-59-49)38-22-17-14-18-23-38)45-24-19-25-51-52(45)60-54(46-35-44(56(4,5)6)36-48(53(46)62)58(10,11)12)61(51)50-27-26-39(33-47(50)57(7,8)9)37-20-15-13-16-21-37;/h13-29,31-36,62H,1-12H3;/q-1;/i4D3,5D3,6D3,10D3,11D3,12D3,14D,17D,18D,22D,23D;. The van der Waals surface area contributed by atoms with Crippen molar-refractivity contribution in [2.75, 3.05) is 0 Å². The Morgan fingerprint density at radius 1 is 0.587 bits per heavy atom. The minimum Gasteiger partial charge on any atom is -0.507 e. The molecule has 324 valence electrons. The first-order valence-electron chi connectivity index (χ1n) is 31.5. The zero-order chi connectivity index (χ0) is 63.7. The number of aromatic nitrogens is 3. The summed E-state index contributed by atoms with van der Waals surface area (Å²) in [6, 6.07) is 28.1. The van der Waals surface area contributed by atoms with E-state index in [1.54, 1.807) is 36.4 Å². The summed E-state index contributed by atoms with van der Waals surface area (Å²) < 4.78 is 202. The van der Waals surface area contributed by atoms with E-state index in [-0.39, 0.29) is 60.7 Å². The average molecular weight is 1030 g/mol. The Bertz CT molecular complexity index is 3810. The molecule has 2 heterocycles. The fourth-order valence-corrected chi connectivity index (χ4v) is 7.60. The van der Waals surface area contributed by atoms with Gasteiger partial charge in [-0.15, -0.1) is 29.3 Å². The van der Waals surface area contributed by atoms with Gasteiger partial charge in [-0.05, 0) is 85.4 Å². The van der Waals surface area contributed by atoms with E-state index in [0.717, 1.165) is 11.1 Å². The third-order valence-corrected chi connectivity index (χ3v) is 10.9. The smallest absolute Gasteiger partial charge is 0.148 e. The molecule has 0 aliphatic rings. The Balaban J connectivity index is 0.0000106. The molecule has 8 rings (SSSR count). The van der Waals surface area contributed by atoms with E-state index in [2.05, 4.69) is 11.1 Å². The summed E-state index contributed by atoms with van der Waals surface area (Å²) >= 11 is 0. The number of pyridine rings is 1. The molecule has 0 amide bonds. The van der Waals surface area contributed by atoms with Crippen molar-refractivity contribution in [3.63, 3.8) is 0 Å². The van der Waals surface area contributed by atoms with Crippen LogP contribution in [0.4, 0.5) is 0 Å². The summed E-state index contributed by atoms with van der Waals surface area (Å²) in [5, 5.41) is 13.1. The second kappa shape index (κ2) is 16.9. The third kappa shape index (κ3) is 9.11. The van der Waals surface area contributed by atoms with Crippen LogP contribution in [0.2, 0.25) is 0 Å². The Kier molecular flexibility index (Phi) is 6.55. The first-order chi connectivity index (χ1) is 38.8. The van der Waals surface area contributed by atoms with E-state index < -0.39 is 121 Å². The summed E-state index contributed by atoms with van der Waals surface area (Å²) in [6.07, 6.45) is 1.42. The molecule has 0 fully saturated rings. The summed E-state index contributed by atoms with van der Waals surface area (Å²) in [5.41, 5.74) is -8.51. The summed E-state index contributed by atoms with van der Waals surface area (Å²) in [7, 11) is 0. The van der Waals surface area contributed by atoms with Crippen LogP contribution in [0.5, 0.6) is 5.75 Å². The van der Waals surface area contributed by atoms with Crippen molar-refractivity contribution < 1.29 is 57.7 Å². The van der Waals surface area contributed by atoms with Gasteiger partial charge in [0, 0.05) is 63.2 Å². The van der Waals surface area contributed by atoms with Crippen LogP contribution in [0.25, 0.3) is 72.7 Å². The Hall–Kier alpha value is -5.57. The van der Waals surface area contributed by atoms with Gasteiger partial charge in [-0.1, -0.05) is 185 Å². The Labute approximate surface area is 422 Å². The largest absolute Gasteiger partial charge is 0.507 e. The maximum Gasteiger partial charge on any atom is 0.148 e. The van der Waals surface area contributed by atoms with Crippen LogP contribution in [0.15, 0.2) is 140 Å². The van der Waals surface area contributed by atoms with Gasteiger partial charge >= 0.3 is 0 Å². The molecule has 2 aromatic heterocycles. The van der Waals surface area contributed by atoms with Gasteiger partial charge in [-0.2, -0.15) is 0 Å². The van der Waals surface area contributed by atoms with Crippen LogP contribution in [0.3, 0.4) is 0 Å². The third-order valence-electron chi connectivity index (χ3n) is 10.9. The fourth-order valence-electron chi connectivity index (χ4n) is 7.60. The van der Waals surface area contributed by atoms with Crippen LogP contribution in [-0.4, -0.2) is 19.6 Å². The fraction of sp³-hybridized carbons (Fsp3) is 0.276. The van der Waals surface area contributed by atoms with Gasteiger partial charge in [0.25, 0.3) is 0 Å². The van der Waals surface area contributed by atoms with E-state index in [9.17, 15) is 5.11 Å². The van der Waals surface area contributed by atoms with E-state index in [4.69, 9.17) is 36.5 Å². The van der Waals surface area contributed by atoms with Gasteiger partial charge in [0.15, 0.2) is 0 Å². The van der Waals surface area contributed by atoms with Gasteiger partial charge in [0.1, 0.15) is 11.6 Å². The number of fused-ring (bicyclic) bond motifs is 1. The van der Waals surface area contributed by atoms with Crippen molar-refractivity contribution in [1.82, 2.24) is 14.5 Å². The van der Waals surface area contributed by atoms with E-state index in [1.165, 1.54) is 16.8 Å². The number of nitrogens with zero attached hydrogens (tertiary/aromatic N) is 3. The predicted octanol–water partition coefficient (Wildman–Crippen LogP) is 15.4. The van der Waals surface area contributed by atoms with Crippen molar-refractivity contribution >= 4 is 11.0 Å². The summed E-state index contributed by atoms with van der Waals surface area (Å²) in [4.78, 5) is 9.77. The predicted molar refractivity (Wildman–Crippen MR) is 261 cm³/mol. The molecular formula is C58H60N3OPt-. The van der Waals surface area contributed by atoms with Crippen LogP contribution < -0.4 is 0 Å². The quantitative estimate of drug-likeness (QED) is 0.169. The molecule has 0 atom stereocenters. The molecular weight excluding hydrogens is 950 g/mol. The summed E-state index contributed by atoms with van der Waals surface area (Å²) in [5.74, 6) is -1.89. The van der Waals surface area contributed by atoms with Crippen LogP contribution in [0, 0.1) is 6.07 Å². The molecule has 8 aromatic rings. The second-order valence-electron chi connectivity index (χ2n) is 17.6. The number of rotatable bonds is 6. The molecule has 1 N–H and O–H groups in total. The normalized spacial score (nSPS) is 18.9. The van der Waals surface area contributed by atoms with Crippen molar-refractivity contribution in [3.8, 4) is 67.5 Å². The van der Waals surface area contributed by atoms with Crippen LogP contribution >= 0.6 is 0 Å². The molecule has 63 heavy (non-hydrogen) atoms. The molecule has 0 saturated carbocycles. The molecule has 4 nitrogen and oxygen atoms in total. The van der Waals surface area contributed by atoms with Gasteiger partial charge in [-0.3, -0.25) is 9.55 Å². The van der Waals surface area contributed by atoms with Gasteiger partial charge in [0.05, 0.1) is 29.1 Å². The average Bonchev–Trinajstić information content (AvgIpc) is 1.12. The van der Waals surface area contributed by atoms with Gasteiger partial charge in [0.2, 0.25) is 0 Å². The molecule has 0 spiro atoms. The first kappa shape index (κ1) is 24.5. The molecule has 0 unspecified atom stereocenters. The monoisotopic (exact) mass is 1030 g/mol. The van der Waals surface area contributed by atoms with Crippen LogP contribution in [0.1, 0.15) is 136 Å². The molecule has 0 radical (unpaired) electrons. The Morgan fingerprint density at radius 2 is 1.27 bits per heavy atom. The topological polar surface area (TPSA) is 50.9 Å². The van der Waals surface area contributed by atoms with Crippen molar-refractivity contribution in [2.24, 2.45) is 0 Å². The number of imidazole rings is 1. The zero-order valence-corrected chi connectivity index (χ0v) is 37.8. The Morgan fingerprint density at radius 3 is 1.95 bits per heavy atom. The SMILES string of the molecule is [2H]c1c([2H])c([2H])c(-c2ccnc(-c3[c-]c(-c4cccc5c4nc(-c4cc(C(C([2H])([2H])[2H])(C([2H])([2H])[2H])C([2H])([2H])[2H])cc(C(C([2H])([2H])[2H])(C([2H])([2H])[2H])C([2H])([2H])[2H])c4O)n5-c4ccc(-c5ccccc5)cc4C(C)(C)C)cc(C(C)(C)C)c3)c2)c([2H])c1[2H].[Pt]. The van der Waals surface area contributed by atoms with E-state index >= 15 is 0 Å². The number of para-hydroxylation sites is 1. The van der Waals surface area contributed by atoms with Gasteiger partial charge < -0.3 is 5.11 Å². The van der Waals surface area contributed by atoms with Gasteiger partial charge in [-0.25, -0.2) is 4.98 Å². The van der Waals surface area contributed by atoms with Crippen molar-refractivity contribution in [2.45, 2.75) is 104 Å². The molecule has 0 aliphatic carbocycles. The number of hydrogen-bond donors (Lipinski definition) is 1. The number of phenols is 1. The molecule has 0 aliphatic heterocycles. The minimum absolute atomic E-state index is 0. The minimum atomic E-state index is -4.19. The number of phenolic OH excluding ortho intramolecular Hbond substituents is 1. The number of hydrogen-bond acceptors (Lipinski definition) is 3. The number of benzene rings is 6. The molecule has 5 heteroatoms. The maximum absolute atomic E-state index is 13.1. The first-order valence-corrected chi connectivity index (χ1v) is 20.0. The van der Waals surface area contributed by atoms with E-state index in [1.807, 2.05) is 90.1 Å². The number of aromatic hydroxyl groups is 1. The second-order valence-corrected chi connectivity index (χ2v) is 17.6. The molecule has 6 aromatic carbocycles. The zero-order valence-electron chi connectivity index (χ0n) is 58.5. The molecule has 0 bridgehead atoms. The van der Waals surface area contributed by atoms with Crippen molar-refractivity contribution in [1.29, 1.82) is 0 Å². The molecule has 0 saturated heterocycles. The maximum atomic E-state index is 13.1. The summed E-state index contributed by atoms with van der Waals surface area (Å²) in [6.45, 7) is -13.3. The van der Waals surface area contributed by atoms with E-state index in [0.29, 0.717) is 33.9 Å². The van der Waals surface area contributed by atoms with Crippen LogP contribution in [-0.2, 0) is 42.7 Å².